The van der Waals surface area contributed by atoms with E-state index < -0.39 is 4.92 Å². The third-order valence-corrected chi connectivity index (χ3v) is 5.43. The number of aryl methyl sites for hydroxylation is 3. The summed E-state index contributed by atoms with van der Waals surface area (Å²) in [5.74, 6) is -0.357. The molecule has 0 unspecified atom stereocenters. The van der Waals surface area contributed by atoms with Crippen molar-refractivity contribution in [3.8, 4) is 0 Å². The number of anilines is 1. The van der Waals surface area contributed by atoms with Gasteiger partial charge in [0, 0.05) is 23.2 Å². The molecule has 1 heterocycles. The minimum absolute atomic E-state index is 0.0723. The number of amides is 1. The highest BCUT2D eigenvalue weighted by molar-refractivity contribution is 7.99. The van der Waals surface area contributed by atoms with Crippen LogP contribution in [0.5, 0.6) is 0 Å². The molecule has 0 spiro atoms. The lowest BCUT2D eigenvalue weighted by Crippen LogP contribution is -2.14. The number of benzene rings is 2. The molecule has 2 aromatic carbocycles. The summed E-state index contributed by atoms with van der Waals surface area (Å²) in [7, 11) is 0. The summed E-state index contributed by atoms with van der Waals surface area (Å²) >= 11 is 1.42. The second-order valence-electron chi connectivity index (χ2n) is 6.44. The molecule has 142 valence electrons. The van der Waals surface area contributed by atoms with E-state index in [9.17, 15) is 14.9 Å². The maximum Gasteiger partial charge on any atom is 0.271 e. The minimum Gasteiger partial charge on any atom is -0.321 e. The van der Waals surface area contributed by atoms with Gasteiger partial charge in [-0.1, -0.05) is 35.5 Å². The first-order chi connectivity index (χ1) is 13.3. The number of nitrogens with one attached hydrogen (secondary N) is 1. The van der Waals surface area contributed by atoms with E-state index in [1.54, 1.807) is 31.3 Å². The summed E-state index contributed by atoms with van der Waals surface area (Å²) in [6.45, 7) is 5.83. The largest absolute Gasteiger partial charge is 0.321 e. The first-order valence-corrected chi connectivity index (χ1v) is 9.43. The van der Waals surface area contributed by atoms with Crippen molar-refractivity contribution in [2.75, 3.05) is 5.32 Å². The van der Waals surface area contributed by atoms with Crippen molar-refractivity contribution in [2.24, 2.45) is 0 Å². The molecule has 0 saturated carbocycles. The highest BCUT2D eigenvalue weighted by Gasteiger charge is 2.17. The van der Waals surface area contributed by atoms with Crippen LogP contribution in [0.25, 0.3) is 0 Å². The minimum atomic E-state index is -0.485. The standard InChI is InChI=1S/C21H19N3O3S/c1-13-6-9-19(15(3)11-13)28-21-17(5-4-10-22-21)20(25)23-18-12-16(24(26)27)8-7-14(18)2/h4-12H,1-3H3,(H,23,25). The zero-order valence-corrected chi connectivity index (χ0v) is 16.5. The number of rotatable bonds is 5. The van der Waals surface area contributed by atoms with Crippen molar-refractivity contribution in [1.82, 2.24) is 4.98 Å². The van der Waals surface area contributed by atoms with Gasteiger partial charge in [0.05, 0.1) is 16.2 Å². The van der Waals surface area contributed by atoms with Crippen molar-refractivity contribution < 1.29 is 9.72 Å². The number of nitro benzene ring substituents is 1. The Hall–Kier alpha value is -3.19. The van der Waals surface area contributed by atoms with E-state index in [0.717, 1.165) is 16.0 Å². The molecular weight excluding hydrogens is 374 g/mol. The highest BCUT2D eigenvalue weighted by Crippen LogP contribution is 2.32. The molecular formula is C21H19N3O3S. The van der Waals surface area contributed by atoms with Crippen molar-refractivity contribution in [2.45, 2.75) is 30.7 Å². The number of carbonyl (C=O) groups excluding carboxylic acids is 1. The molecule has 7 heteroatoms. The quantitative estimate of drug-likeness (QED) is 0.468. The van der Waals surface area contributed by atoms with E-state index in [1.807, 2.05) is 26.0 Å². The van der Waals surface area contributed by atoms with Gasteiger partial charge in [0.2, 0.25) is 0 Å². The Labute approximate surface area is 167 Å². The Bertz CT molecular complexity index is 1070. The zero-order valence-electron chi connectivity index (χ0n) is 15.7. The summed E-state index contributed by atoms with van der Waals surface area (Å²) in [6, 6.07) is 13.9. The fraction of sp³-hybridized carbons (Fsp3) is 0.143. The molecule has 0 atom stereocenters. The molecule has 0 radical (unpaired) electrons. The Morgan fingerprint density at radius 2 is 1.86 bits per heavy atom. The summed E-state index contributed by atoms with van der Waals surface area (Å²) in [4.78, 5) is 28.8. The fourth-order valence-corrected chi connectivity index (χ4v) is 3.66. The summed E-state index contributed by atoms with van der Waals surface area (Å²) in [5, 5.41) is 14.4. The summed E-state index contributed by atoms with van der Waals surface area (Å²) in [5.41, 5.74) is 3.77. The van der Waals surface area contributed by atoms with Crippen LogP contribution < -0.4 is 5.32 Å². The average molecular weight is 393 g/mol. The molecule has 3 rings (SSSR count). The van der Waals surface area contributed by atoms with Gasteiger partial charge in [-0.3, -0.25) is 14.9 Å². The fourth-order valence-electron chi connectivity index (χ4n) is 2.71. The molecule has 0 saturated heterocycles. The molecule has 0 fully saturated rings. The van der Waals surface area contributed by atoms with Crippen molar-refractivity contribution in [1.29, 1.82) is 0 Å². The molecule has 1 amide bonds. The first kappa shape index (κ1) is 19.6. The van der Waals surface area contributed by atoms with Crippen LogP contribution in [-0.2, 0) is 0 Å². The van der Waals surface area contributed by atoms with Gasteiger partial charge in [0.1, 0.15) is 5.03 Å². The SMILES string of the molecule is Cc1ccc(Sc2ncccc2C(=O)Nc2cc([N+](=O)[O-])ccc2C)c(C)c1. The predicted octanol–water partition coefficient (Wildman–Crippen LogP) is 5.32. The third kappa shape index (κ3) is 4.37. The number of hydrogen-bond donors (Lipinski definition) is 1. The van der Waals surface area contributed by atoms with E-state index in [-0.39, 0.29) is 11.6 Å². The van der Waals surface area contributed by atoms with Crippen LogP contribution in [0.1, 0.15) is 27.0 Å². The second kappa shape index (κ2) is 8.22. The maximum absolute atomic E-state index is 12.9. The van der Waals surface area contributed by atoms with Crippen LogP contribution in [0.3, 0.4) is 0 Å². The van der Waals surface area contributed by atoms with Gasteiger partial charge in [0.25, 0.3) is 11.6 Å². The maximum atomic E-state index is 12.9. The molecule has 1 aromatic heterocycles. The van der Waals surface area contributed by atoms with Gasteiger partial charge in [-0.2, -0.15) is 0 Å². The van der Waals surface area contributed by atoms with Crippen LogP contribution >= 0.6 is 11.8 Å². The zero-order chi connectivity index (χ0) is 20.3. The number of nitro groups is 1. The molecule has 0 aliphatic heterocycles. The van der Waals surface area contributed by atoms with Crippen molar-refractivity contribution in [3.05, 3.63) is 87.1 Å². The summed E-state index contributed by atoms with van der Waals surface area (Å²) < 4.78 is 0. The molecule has 6 nitrogen and oxygen atoms in total. The van der Waals surface area contributed by atoms with E-state index >= 15 is 0 Å². The van der Waals surface area contributed by atoms with Gasteiger partial charge in [0.15, 0.2) is 0 Å². The highest BCUT2D eigenvalue weighted by atomic mass is 32.2. The number of non-ortho nitro benzene ring substituents is 1. The predicted molar refractivity (Wildman–Crippen MR) is 110 cm³/mol. The number of pyridine rings is 1. The second-order valence-corrected chi connectivity index (χ2v) is 7.47. The van der Waals surface area contributed by atoms with E-state index in [4.69, 9.17) is 0 Å². The Kier molecular flexibility index (Phi) is 5.75. The van der Waals surface area contributed by atoms with Crippen LogP contribution in [-0.4, -0.2) is 15.8 Å². The molecule has 28 heavy (non-hydrogen) atoms. The van der Waals surface area contributed by atoms with Crippen LogP contribution in [0.15, 0.2) is 64.6 Å². The van der Waals surface area contributed by atoms with E-state index in [0.29, 0.717) is 16.3 Å². The normalized spacial score (nSPS) is 10.5. The van der Waals surface area contributed by atoms with Gasteiger partial charge in [-0.15, -0.1) is 0 Å². The van der Waals surface area contributed by atoms with Crippen molar-refractivity contribution >= 4 is 29.0 Å². The summed E-state index contributed by atoms with van der Waals surface area (Å²) in [6.07, 6.45) is 1.64. The average Bonchev–Trinajstić information content (AvgIpc) is 2.66. The molecule has 0 aliphatic rings. The van der Waals surface area contributed by atoms with Gasteiger partial charge >= 0.3 is 0 Å². The smallest absolute Gasteiger partial charge is 0.271 e. The molecule has 3 aromatic rings. The lowest BCUT2D eigenvalue weighted by atomic mass is 10.1. The van der Waals surface area contributed by atoms with Crippen LogP contribution in [0.2, 0.25) is 0 Å². The monoisotopic (exact) mass is 393 g/mol. The van der Waals surface area contributed by atoms with E-state index in [2.05, 4.69) is 16.4 Å². The third-order valence-electron chi connectivity index (χ3n) is 4.23. The lowest BCUT2D eigenvalue weighted by Gasteiger charge is -2.12. The Morgan fingerprint density at radius 1 is 1.07 bits per heavy atom. The Balaban J connectivity index is 1.89. The molecule has 0 bridgehead atoms. The van der Waals surface area contributed by atoms with Gasteiger partial charge in [-0.05, 0) is 50.1 Å². The first-order valence-electron chi connectivity index (χ1n) is 8.61. The number of nitrogens with zero attached hydrogens (tertiary/aromatic N) is 2. The lowest BCUT2D eigenvalue weighted by molar-refractivity contribution is -0.384. The number of aromatic nitrogens is 1. The number of carbonyl (C=O) groups is 1. The van der Waals surface area contributed by atoms with Crippen LogP contribution in [0.4, 0.5) is 11.4 Å². The number of hydrogen-bond acceptors (Lipinski definition) is 5. The van der Waals surface area contributed by atoms with Gasteiger partial charge in [-0.25, -0.2) is 4.98 Å². The van der Waals surface area contributed by atoms with Gasteiger partial charge < -0.3 is 5.32 Å². The topological polar surface area (TPSA) is 85.1 Å². The van der Waals surface area contributed by atoms with E-state index in [1.165, 1.54) is 29.5 Å². The molecule has 0 aliphatic carbocycles. The van der Waals surface area contributed by atoms with Crippen LogP contribution in [0, 0.1) is 30.9 Å². The Morgan fingerprint density at radius 3 is 2.57 bits per heavy atom. The molecule has 1 N–H and O–H groups in total. The van der Waals surface area contributed by atoms with Crippen molar-refractivity contribution in [3.63, 3.8) is 0 Å².